The second-order valence-electron chi connectivity index (χ2n) is 5.09. The number of benzene rings is 1. The predicted octanol–water partition coefficient (Wildman–Crippen LogP) is 3.25. The Bertz CT molecular complexity index is 525. The molecule has 0 amide bonds. The third-order valence-electron chi connectivity index (χ3n) is 3.33. The van der Waals surface area contributed by atoms with Gasteiger partial charge in [-0.05, 0) is 36.8 Å². The minimum Gasteiger partial charge on any atom is -0.481 e. The molecule has 0 bridgehead atoms. The number of nitro benzene ring substituents is 1. The molecule has 1 N–H and O–H groups in total. The van der Waals surface area contributed by atoms with Crippen molar-refractivity contribution in [2.75, 3.05) is 5.75 Å². The minimum atomic E-state index is -0.795. The lowest BCUT2D eigenvalue weighted by Crippen LogP contribution is -2.11. The summed E-state index contributed by atoms with van der Waals surface area (Å²) in [5, 5.41) is 19.8. The fraction of sp³-hybridized carbons (Fsp3) is 0.462. The zero-order chi connectivity index (χ0) is 14.0. The molecule has 0 unspecified atom stereocenters. The van der Waals surface area contributed by atoms with Crippen LogP contribution >= 0.6 is 11.8 Å². The number of thioether (sulfide) groups is 1. The Morgan fingerprint density at radius 3 is 2.74 bits per heavy atom. The monoisotopic (exact) mass is 281 g/mol. The summed E-state index contributed by atoms with van der Waals surface area (Å²) < 4.78 is 0. The second-order valence-corrected chi connectivity index (χ2v) is 6.10. The molecule has 2 rings (SSSR count). The summed E-state index contributed by atoms with van der Waals surface area (Å²) in [5.41, 5.74) is 0.800. The molecular formula is C13H15NO4S. The molecule has 0 aliphatic heterocycles. The maximum atomic E-state index is 11.0. The van der Waals surface area contributed by atoms with E-state index in [1.165, 1.54) is 11.8 Å². The molecule has 1 aliphatic carbocycles. The molecule has 1 fully saturated rings. The molecule has 1 saturated carbocycles. The molecule has 1 aromatic rings. The first-order valence-electron chi connectivity index (χ1n) is 6.02. The normalized spacial score (nSPS) is 16.1. The molecular weight excluding hydrogens is 266 g/mol. The summed E-state index contributed by atoms with van der Waals surface area (Å²) >= 11 is 1.39. The van der Waals surface area contributed by atoms with Gasteiger partial charge in [-0.25, -0.2) is 0 Å². The Morgan fingerprint density at radius 1 is 1.53 bits per heavy atom. The Hall–Kier alpha value is -1.56. The fourth-order valence-electron chi connectivity index (χ4n) is 1.99. The smallest absolute Gasteiger partial charge is 0.303 e. The van der Waals surface area contributed by atoms with Crippen molar-refractivity contribution in [3.8, 4) is 0 Å². The summed E-state index contributed by atoms with van der Waals surface area (Å²) in [6, 6.07) is 5.14. The number of rotatable bonds is 6. The first-order valence-corrected chi connectivity index (χ1v) is 7.00. The maximum Gasteiger partial charge on any atom is 0.303 e. The zero-order valence-electron chi connectivity index (χ0n) is 10.6. The lowest BCUT2D eigenvalue weighted by molar-refractivity contribution is -0.387. The number of aryl methyl sites for hydroxylation is 1. The van der Waals surface area contributed by atoms with E-state index >= 15 is 0 Å². The van der Waals surface area contributed by atoms with Gasteiger partial charge in [-0.1, -0.05) is 6.07 Å². The van der Waals surface area contributed by atoms with Crippen LogP contribution in [0.25, 0.3) is 0 Å². The Balaban J connectivity index is 2.08. The van der Waals surface area contributed by atoms with E-state index in [0.29, 0.717) is 10.6 Å². The average molecular weight is 281 g/mol. The quantitative estimate of drug-likeness (QED) is 0.492. The van der Waals surface area contributed by atoms with Crippen LogP contribution in [0.4, 0.5) is 5.69 Å². The molecule has 1 aliphatic rings. The molecule has 0 saturated heterocycles. The number of nitro groups is 1. The van der Waals surface area contributed by atoms with Gasteiger partial charge in [0.05, 0.1) is 16.2 Å². The van der Waals surface area contributed by atoms with Gasteiger partial charge >= 0.3 is 5.97 Å². The number of carboxylic acids is 1. The summed E-state index contributed by atoms with van der Waals surface area (Å²) in [6.07, 6.45) is 1.94. The molecule has 19 heavy (non-hydrogen) atoms. The van der Waals surface area contributed by atoms with E-state index in [-0.39, 0.29) is 22.4 Å². The van der Waals surface area contributed by atoms with Crippen LogP contribution in [0.5, 0.6) is 0 Å². The van der Waals surface area contributed by atoms with Crippen LogP contribution in [0.2, 0.25) is 0 Å². The van der Waals surface area contributed by atoms with Crippen LogP contribution in [0, 0.1) is 22.5 Å². The third kappa shape index (κ3) is 3.47. The Morgan fingerprint density at radius 2 is 2.21 bits per heavy atom. The van der Waals surface area contributed by atoms with E-state index in [1.54, 1.807) is 12.1 Å². The van der Waals surface area contributed by atoms with Gasteiger partial charge in [0.1, 0.15) is 0 Å². The van der Waals surface area contributed by atoms with E-state index < -0.39 is 5.97 Å². The molecule has 0 spiro atoms. The van der Waals surface area contributed by atoms with E-state index in [2.05, 4.69) is 0 Å². The van der Waals surface area contributed by atoms with Crippen molar-refractivity contribution in [3.05, 3.63) is 33.9 Å². The van der Waals surface area contributed by atoms with Crippen LogP contribution in [-0.4, -0.2) is 21.8 Å². The predicted molar refractivity (Wildman–Crippen MR) is 72.5 cm³/mol. The third-order valence-corrected chi connectivity index (χ3v) is 4.74. The highest BCUT2D eigenvalue weighted by Crippen LogP contribution is 2.52. The Kier molecular flexibility index (Phi) is 3.80. The molecule has 0 heterocycles. The number of nitrogens with zero attached hydrogens (tertiary/aromatic N) is 1. The first kappa shape index (κ1) is 13.9. The van der Waals surface area contributed by atoms with E-state index in [0.717, 1.165) is 18.4 Å². The van der Waals surface area contributed by atoms with Gasteiger partial charge < -0.3 is 5.11 Å². The number of hydrogen-bond donors (Lipinski definition) is 1. The topological polar surface area (TPSA) is 80.4 Å². The van der Waals surface area contributed by atoms with E-state index in [1.807, 2.05) is 13.0 Å². The molecule has 102 valence electrons. The summed E-state index contributed by atoms with van der Waals surface area (Å²) in [7, 11) is 0. The molecule has 0 aromatic heterocycles. The largest absolute Gasteiger partial charge is 0.481 e. The Labute approximate surface area is 115 Å². The lowest BCUT2D eigenvalue weighted by atomic mass is 10.1. The first-order chi connectivity index (χ1) is 8.92. The van der Waals surface area contributed by atoms with E-state index in [4.69, 9.17) is 5.11 Å². The average Bonchev–Trinajstić information content (AvgIpc) is 3.06. The number of aliphatic carboxylic acids is 1. The molecule has 0 radical (unpaired) electrons. The number of hydrogen-bond acceptors (Lipinski definition) is 4. The van der Waals surface area contributed by atoms with Crippen molar-refractivity contribution in [2.24, 2.45) is 5.41 Å². The minimum absolute atomic E-state index is 0.108. The van der Waals surface area contributed by atoms with Crippen molar-refractivity contribution in [1.82, 2.24) is 0 Å². The fourth-order valence-corrected chi connectivity index (χ4v) is 3.29. The van der Waals surface area contributed by atoms with Crippen LogP contribution in [0.3, 0.4) is 0 Å². The summed E-state index contributed by atoms with van der Waals surface area (Å²) in [4.78, 5) is 22.0. The van der Waals surface area contributed by atoms with Crippen molar-refractivity contribution in [1.29, 1.82) is 0 Å². The van der Waals surface area contributed by atoms with Crippen molar-refractivity contribution in [2.45, 2.75) is 31.1 Å². The van der Waals surface area contributed by atoms with Crippen molar-refractivity contribution >= 4 is 23.4 Å². The summed E-state index contributed by atoms with van der Waals surface area (Å²) in [5.74, 6) is -0.167. The lowest BCUT2D eigenvalue weighted by Gasteiger charge is -2.11. The highest BCUT2D eigenvalue weighted by molar-refractivity contribution is 7.99. The van der Waals surface area contributed by atoms with Crippen LogP contribution in [0.15, 0.2) is 23.1 Å². The van der Waals surface area contributed by atoms with Gasteiger partial charge in [-0.3, -0.25) is 14.9 Å². The van der Waals surface area contributed by atoms with Gasteiger partial charge in [-0.2, -0.15) is 0 Å². The van der Waals surface area contributed by atoms with Gasteiger partial charge in [0.2, 0.25) is 0 Å². The molecule has 5 nitrogen and oxygen atoms in total. The standard InChI is InChI=1S/C13H15NO4S/c1-9-2-3-11(10(6-9)14(17)18)19-8-13(4-5-13)7-12(15)16/h2-3,6H,4-5,7-8H2,1H3,(H,15,16). The highest BCUT2D eigenvalue weighted by Gasteiger charge is 2.44. The second kappa shape index (κ2) is 5.21. The van der Waals surface area contributed by atoms with Crippen LogP contribution in [-0.2, 0) is 4.79 Å². The maximum absolute atomic E-state index is 11.0. The molecule has 0 atom stereocenters. The van der Waals surface area contributed by atoms with Gasteiger partial charge in [0.25, 0.3) is 5.69 Å². The van der Waals surface area contributed by atoms with Gasteiger partial charge in [0.15, 0.2) is 0 Å². The number of carbonyl (C=O) groups is 1. The van der Waals surface area contributed by atoms with Gasteiger partial charge in [-0.15, -0.1) is 11.8 Å². The molecule has 1 aromatic carbocycles. The molecule has 6 heteroatoms. The van der Waals surface area contributed by atoms with Crippen LogP contribution < -0.4 is 0 Å². The van der Waals surface area contributed by atoms with Crippen molar-refractivity contribution < 1.29 is 14.8 Å². The van der Waals surface area contributed by atoms with Crippen molar-refractivity contribution in [3.63, 3.8) is 0 Å². The van der Waals surface area contributed by atoms with Gasteiger partial charge in [0, 0.05) is 11.8 Å². The van der Waals surface area contributed by atoms with E-state index in [9.17, 15) is 14.9 Å². The number of carboxylic acid groups (broad SMARTS) is 1. The SMILES string of the molecule is Cc1ccc(SCC2(CC(=O)O)CC2)c([N+](=O)[O-])c1. The summed E-state index contributed by atoms with van der Waals surface area (Å²) in [6.45, 7) is 1.81. The van der Waals surface area contributed by atoms with Crippen LogP contribution in [0.1, 0.15) is 24.8 Å². The zero-order valence-corrected chi connectivity index (χ0v) is 11.4. The highest BCUT2D eigenvalue weighted by atomic mass is 32.2.